The van der Waals surface area contributed by atoms with E-state index in [4.69, 9.17) is 4.74 Å². The van der Waals surface area contributed by atoms with Crippen LogP contribution in [-0.2, 0) is 11.2 Å². The third kappa shape index (κ3) is 4.66. The van der Waals surface area contributed by atoms with Crippen LogP contribution in [0.2, 0.25) is 0 Å². The van der Waals surface area contributed by atoms with Crippen LogP contribution in [-0.4, -0.2) is 19.0 Å². The zero-order chi connectivity index (χ0) is 11.1. The minimum absolute atomic E-state index is 0.642. The van der Waals surface area contributed by atoms with Gasteiger partial charge in [-0.25, -0.2) is 0 Å². The second kappa shape index (κ2) is 7.42. The smallest absolute Gasteiger partial charge is 0.0465 e. The lowest BCUT2D eigenvalue weighted by molar-refractivity contribution is 0.181. The van der Waals surface area contributed by atoms with Crippen molar-refractivity contribution in [2.45, 2.75) is 12.8 Å². The van der Waals surface area contributed by atoms with Crippen molar-refractivity contribution < 1.29 is 4.74 Å². The van der Waals surface area contributed by atoms with Crippen LogP contribution in [0.3, 0.4) is 0 Å². The van der Waals surface area contributed by atoms with Crippen LogP contribution in [0.15, 0.2) is 28.7 Å². The van der Waals surface area contributed by atoms with Crippen LogP contribution < -0.4 is 0 Å². The highest BCUT2D eigenvalue weighted by molar-refractivity contribution is 9.10. The van der Waals surface area contributed by atoms with Crippen molar-refractivity contribution in [1.29, 1.82) is 0 Å². The Labute approximate surface area is 108 Å². The maximum Gasteiger partial charge on any atom is 0.0465 e. The normalized spacial score (nSPS) is 12.7. The monoisotopic (exact) mass is 334 g/mol. The summed E-state index contributed by atoms with van der Waals surface area (Å²) < 4.78 is 6.31. The van der Waals surface area contributed by atoms with Crippen LogP contribution in [0.1, 0.15) is 12.0 Å². The Bertz CT molecular complexity index is 289. The van der Waals surface area contributed by atoms with E-state index in [0.29, 0.717) is 5.92 Å². The van der Waals surface area contributed by atoms with Gasteiger partial charge in [0.1, 0.15) is 0 Å². The molecule has 0 amide bonds. The predicted molar refractivity (Wildman–Crippen MR) is 71.6 cm³/mol. The van der Waals surface area contributed by atoms with Gasteiger partial charge in [-0.15, -0.1) is 0 Å². The summed E-state index contributed by atoms with van der Waals surface area (Å²) in [5.41, 5.74) is 1.37. The zero-order valence-corrected chi connectivity index (χ0v) is 12.1. The molecule has 0 N–H and O–H groups in total. The molecule has 0 aliphatic rings. The topological polar surface area (TPSA) is 9.23 Å². The van der Waals surface area contributed by atoms with E-state index in [1.807, 2.05) is 6.07 Å². The summed E-state index contributed by atoms with van der Waals surface area (Å²) in [5.74, 6) is 0.642. The highest BCUT2D eigenvalue weighted by Crippen LogP contribution is 2.22. The van der Waals surface area contributed by atoms with E-state index in [2.05, 4.69) is 50.1 Å². The second-order valence-electron chi connectivity index (χ2n) is 3.60. The Balaban J connectivity index is 2.54. The third-order valence-electron chi connectivity index (χ3n) is 2.41. The van der Waals surface area contributed by atoms with E-state index in [0.717, 1.165) is 24.8 Å². The summed E-state index contributed by atoms with van der Waals surface area (Å²) in [4.78, 5) is 0. The van der Waals surface area contributed by atoms with Crippen LogP contribution in [0.4, 0.5) is 0 Å². The molecule has 0 aromatic heterocycles. The summed E-state index contributed by atoms with van der Waals surface area (Å²) >= 11 is 7.13. The van der Waals surface area contributed by atoms with E-state index in [1.165, 1.54) is 10.0 Å². The molecule has 1 rings (SSSR count). The number of hydrogen-bond donors (Lipinski definition) is 0. The van der Waals surface area contributed by atoms with E-state index < -0.39 is 0 Å². The summed E-state index contributed by atoms with van der Waals surface area (Å²) in [5, 5.41) is 1.03. The van der Waals surface area contributed by atoms with Crippen molar-refractivity contribution in [2.24, 2.45) is 5.92 Å². The molecule has 0 heterocycles. The summed E-state index contributed by atoms with van der Waals surface area (Å²) in [6.45, 7) is 0.834. The minimum Gasteiger partial charge on any atom is -0.385 e. The van der Waals surface area contributed by atoms with Gasteiger partial charge in [-0.3, -0.25) is 0 Å². The molecular formula is C12H16Br2O. The van der Waals surface area contributed by atoms with Crippen LogP contribution in [0.25, 0.3) is 0 Å². The summed E-state index contributed by atoms with van der Waals surface area (Å²) in [7, 11) is 1.75. The molecule has 0 bridgehead atoms. The lowest BCUT2D eigenvalue weighted by Gasteiger charge is -2.14. The maximum absolute atomic E-state index is 5.11. The highest BCUT2D eigenvalue weighted by Gasteiger charge is 2.09. The Hall–Kier alpha value is 0.140. The molecule has 1 aromatic rings. The fourth-order valence-electron chi connectivity index (χ4n) is 1.49. The molecule has 0 spiro atoms. The zero-order valence-electron chi connectivity index (χ0n) is 8.88. The Morgan fingerprint density at radius 1 is 1.33 bits per heavy atom. The first-order valence-electron chi connectivity index (χ1n) is 5.06. The average Bonchev–Trinajstić information content (AvgIpc) is 2.26. The minimum atomic E-state index is 0.642. The van der Waals surface area contributed by atoms with Gasteiger partial charge < -0.3 is 4.74 Å². The summed E-state index contributed by atoms with van der Waals surface area (Å²) in [6, 6.07) is 8.40. The van der Waals surface area contributed by atoms with Crippen molar-refractivity contribution in [3.05, 3.63) is 34.3 Å². The van der Waals surface area contributed by atoms with Crippen molar-refractivity contribution in [3.63, 3.8) is 0 Å². The van der Waals surface area contributed by atoms with Gasteiger partial charge >= 0.3 is 0 Å². The summed E-state index contributed by atoms with van der Waals surface area (Å²) in [6.07, 6.45) is 2.19. The number of halogens is 2. The standard InChI is InChI=1S/C12H16Br2O/c1-15-7-6-10(9-13)8-11-4-2-3-5-12(11)14/h2-5,10H,6-9H2,1H3. The van der Waals surface area contributed by atoms with Crippen molar-refractivity contribution >= 4 is 31.9 Å². The molecule has 1 nitrogen and oxygen atoms in total. The Morgan fingerprint density at radius 2 is 2.07 bits per heavy atom. The first-order valence-corrected chi connectivity index (χ1v) is 6.97. The SMILES string of the molecule is COCCC(CBr)Cc1ccccc1Br. The molecule has 0 aliphatic carbocycles. The van der Waals surface area contributed by atoms with Crippen LogP contribution in [0.5, 0.6) is 0 Å². The lowest BCUT2D eigenvalue weighted by Crippen LogP contribution is -2.09. The van der Waals surface area contributed by atoms with Gasteiger partial charge in [-0.2, -0.15) is 0 Å². The molecule has 1 aromatic carbocycles. The van der Waals surface area contributed by atoms with Crippen molar-refractivity contribution in [3.8, 4) is 0 Å². The molecule has 1 atom stereocenters. The predicted octanol–water partition coefficient (Wildman–Crippen LogP) is 4.04. The molecule has 0 aliphatic heterocycles. The van der Waals surface area contributed by atoms with Crippen molar-refractivity contribution in [1.82, 2.24) is 0 Å². The molecule has 0 saturated carbocycles. The highest BCUT2D eigenvalue weighted by atomic mass is 79.9. The quantitative estimate of drug-likeness (QED) is 0.713. The van der Waals surface area contributed by atoms with Gasteiger partial charge in [-0.05, 0) is 30.4 Å². The van der Waals surface area contributed by atoms with E-state index in [9.17, 15) is 0 Å². The van der Waals surface area contributed by atoms with E-state index in [1.54, 1.807) is 7.11 Å². The average molecular weight is 336 g/mol. The van der Waals surface area contributed by atoms with Crippen LogP contribution in [0, 0.1) is 5.92 Å². The Kier molecular flexibility index (Phi) is 6.53. The largest absolute Gasteiger partial charge is 0.385 e. The Morgan fingerprint density at radius 3 is 2.67 bits per heavy atom. The number of benzene rings is 1. The molecule has 84 valence electrons. The number of alkyl halides is 1. The first kappa shape index (κ1) is 13.2. The van der Waals surface area contributed by atoms with E-state index in [-0.39, 0.29) is 0 Å². The molecule has 3 heteroatoms. The third-order valence-corrected chi connectivity index (χ3v) is 4.10. The lowest BCUT2D eigenvalue weighted by atomic mass is 9.98. The fourth-order valence-corrected chi connectivity index (χ4v) is 2.49. The molecule has 1 unspecified atom stereocenters. The van der Waals surface area contributed by atoms with E-state index >= 15 is 0 Å². The van der Waals surface area contributed by atoms with Crippen molar-refractivity contribution in [2.75, 3.05) is 19.0 Å². The first-order chi connectivity index (χ1) is 7.27. The van der Waals surface area contributed by atoms with Gasteiger partial charge in [0.15, 0.2) is 0 Å². The molecular weight excluding hydrogens is 320 g/mol. The number of methoxy groups -OCH3 is 1. The van der Waals surface area contributed by atoms with Gasteiger partial charge in [0.2, 0.25) is 0 Å². The maximum atomic E-state index is 5.11. The van der Waals surface area contributed by atoms with Gasteiger partial charge in [-0.1, -0.05) is 50.1 Å². The molecule has 0 fully saturated rings. The molecule has 15 heavy (non-hydrogen) atoms. The second-order valence-corrected chi connectivity index (χ2v) is 5.10. The van der Waals surface area contributed by atoms with Crippen LogP contribution >= 0.6 is 31.9 Å². The van der Waals surface area contributed by atoms with Gasteiger partial charge in [0.05, 0.1) is 0 Å². The molecule has 0 radical (unpaired) electrons. The fraction of sp³-hybridized carbons (Fsp3) is 0.500. The number of ether oxygens (including phenoxy) is 1. The van der Waals surface area contributed by atoms with Gasteiger partial charge in [0.25, 0.3) is 0 Å². The number of rotatable bonds is 6. The van der Waals surface area contributed by atoms with Gasteiger partial charge in [0, 0.05) is 23.5 Å². The number of hydrogen-bond acceptors (Lipinski definition) is 1. The molecule has 0 saturated heterocycles.